The lowest BCUT2D eigenvalue weighted by molar-refractivity contribution is 0.0588. The van der Waals surface area contributed by atoms with E-state index in [4.69, 9.17) is 0 Å². The third-order valence-electron chi connectivity index (χ3n) is 5.98. The lowest BCUT2D eigenvalue weighted by Gasteiger charge is -2.46. The Morgan fingerprint density at radius 3 is 2.35 bits per heavy atom. The van der Waals surface area contributed by atoms with Gasteiger partial charge >= 0.3 is 0 Å². The molecule has 2 aliphatic carbocycles. The first-order valence-corrected chi connectivity index (χ1v) is 8.74. The van der Waals surface area contributed by atoms with Crippen molar-refractivity contribution in [2.75, 3.05) is 39.8 Å². The van der Waals surface area contributed by atoms with Gasteiger partial charge in [0.2, 0.25) is 0 Å². The van der Waals surface area contributed by atoms with E-state index in [1.165, 1.54) is 64.8 Å². The molecule has 0 aromatic carbocycles. The molecule has 3 heteroatoms. The second kappa shape index (κ2) is 5.94. The Kier molecular flexibility index (Phi) is 4.40. The summed E-state index contributed by atoms with van der Waals surface area (Å²) in [7, 11) is 2.16. The van der Waals surface area contributed by atoms with Crippen LogP contribution in [0.2, 0.25) is 0 Å². The molecule has 2 atom stereocenters. The van der Waals surface area contributed by atoms with Crippen LogP contribution in [0, 0.1) is 11.3 Å². The average Bonchev–Trinajstić information content (AvgIpc) is 3.23. The van der Waals surface area contributed by atoms with E-state index < -0.39 is 0 Å². The van der Waals surface area contributed by atoms with E-state index in [2.05, 4.69) is 36.0 Å². The Morgan fingerprint density at radius 2 is 1.75 bits per heavy atom. The van der Waals surface area contributed by atoms with Gasteiger partial charge in [0.05, 0.1) is 0 Å². The SMILES string of the molecule is CNC1C(CN2CCN(C3CC3)CC2)CCCC1(C)C. The van der Waals surface area contributed by atoms with Gasteiger partial charge in [-0.05, 0) is 44.1 Å². The number of piperazine rings is 1. The zero-order valence-corrected chi connectivity index (χ0v) is 13.7. The molecule has 2 unspecified atom stereocenters. The molecule has 116 valence electrons. The van der Waals surface area contributed by atoms with Crippen LogP contribution in [-0.4, -0.2) is 61.7 Å². The topological polar surface area (TPSA) is 18.5 Å². The summed E-state index contributed by atoms with van der Waals surface area (Å²) in [6.07, 6.45) is 7.12. The van der Waals surface area contributed by atoms with Crippen molar-refractivity contribution in [1.29, 1.82) is 0 Å². The van der Waals surface area contributed by atoms with Gasteiger partial charge in [0, 0.05) is 44.8 Å². The van der Waals surface area contributed by atoms with Crippen molar-refractivity contribution in [3.8, 4) is 0 Å². The van der Waals surface area contributed by atoms with E-state index in [1.54, 1.807) is 0 Å². The van der Waals surface area contributed by atoms with E-state index in [0.717, 1.165) is 12.0 Å². The van der Waals surface area contributed by atoms with Crippen molar-refractivity contribution in [2.45, 2.75) is 58.0 Å². The Morgan fingerprint density at radius 1 is 1.05 bits per heavy atom. The molecule has 2 saturated carbocycles. The molecule has 3 aliphatic rings. The Bertz CT molecular complexity index is 316. The van der Waals surface area contributed by atoms with Crippen molar-refractivity contribution in [3.63, 3.8) is 0 Å². The molecule has 20 heavy (non-hydrogen) atoms. The van der Waals surface area contributed by atoms with E-state index >= 15 is 0 Å². The van der Waals surface area contributed by atoms with Crippen molar-refractivity contribution in [2.24, 2.45) is 11.3 Å². The molecule has 1 saturated heterocycles. The molecule has 0 radical (unpaired) electrons. The second-order valence-electron chi connectivity index (χ2n) is 7.97. The Hall–Kier alpha value is -0.120. The van der Waals surface area contributed by atoms with Gasteiger partial charge in [-0.2, -0.15) is 0 Å². The normalized spacial score (nSPS) is 36.1. The average molecular weight is 279 g/mol. The van der Waals surface area contributed by atoms with Crippen LogP contribution in [0.4, 0.5) is 0 Å². The molecule has 0 bridgehead atoms. The van der Waals surface area contributed by atoms with Gasteiger partial charge in [-0.1, -0.05) is 20.3 Å². The zero-order valence-electron chi connectivity index (χ0n) is 13.7. The molecular weight excluding hydrogens is 246 g/mol. The van der Waals surface area contributed by atoms with Crippen molar-refractivity contribution >= 4 is 0 Å². The Balaban J connectivity index is 1.51. The molecule has 0 amide bonds. The van der Waals surface area contributed by atoms with Gasteiger partial charge < -0.3 is 10.2 Å². The number of rotatable bonds is 4. The first-order chi connectivity index (χ1) is 9.60. The number of hydrogen-bond donors (Lipinski definition) is 1. The maximum Gasteiger partial charge on any atom is 0.0156 e. The fourth-order valence-corrected chi connectivity index (χ4v) is 4.69. The van der Waals surface area contributed by atoms with Crippen LogP contribution < -0.4 is 5.32 Å². The first-order valence-electron chi connectivity index (χ1n) is 8.74. The van der Waals surface area contributed by atoms with Crippen LogP contribution in [-0.2, 0) is 0 Å². The summed E-state index contributed by atoms with van der Waals surface area (Å²) in [5.74, 6) is 0.844. The third kappa shape index (κ3) is 3.20. The van der Waals surface area contributed by atoms with E-state index in [-0.39, 0.29) is 0 Å². The van der Waals surface area contributed by atoms with Crippen LogP contribution in [0.15, 0.2) is 0 Å². The van der Waals surface area contributed by atoms with Gasteiger partial charge in [-0.25, -0.2) is 0 Å². The summed E-state index contributed by atoms with van der Waals surface area (Å²) < 4.78 is 0. The smallest absolute Gasteiger partial charge is 0.0156 e. The standard InChI is InChI=1S/C17H33N3/c1-17(2)8-4-5-14(16(17)18-3)13-19-9-11-20(12-10-19)15-6-7-15/h14-16,18H,4-13H2,1-3H3. The predicted octanol–water partition coefficient (Wildman–Crippen LogP) is 2.18. The maximum absolute atomic E-state index is 3.63. The highest BCUT2D eigenvalue weighted by Gasteiger charge is 2.39. The molecule has 0 aromatic rings. The quantitative estimate of drug-likeness (QED) is 0.851. The summed E-state index contributed by atoms with van der Waals surface area (Å²) in [5, 5.41) is 3.63. The van der Waals surface area contributed by atoms with Crippen LogP contribution in [0.3, 0.4) is 0 Å². The predicted molar refractivity (Wildman–Crippen MR) is 85.0 cm³/mol. The largest absolute Gasteiger partial charge is 0.316 e. The molecule has 0 aromatic heterocycles. The molecule has 1 N–H and O–H groups in total. The third-order valence-corrected chi connectivity index (χ3v) is 5.98. The molecule has 3 nitrogen and oxygen atoms in total. The number of hydrogen-bond acceptors (Lipinski definition) is 3. The summed E-state index contributed by atoms with van der Waals surface area (Å²) in [6.45, 7) is 11.4. The minimum Gasteiger partial charge on any atom is -0.316 e. The van der Waals surface area contributed by atoms with Crippen LogP contribution in [0.25, 0.3) is 0 Å². The Labute approximate surface area is 125 Å². The lowest BCUT2D eigenvalue weighted by atomic mass is 9.68. The zero-order chi connectivity index (χ0) is 14.2. The van der Waals surface area contributed by atoms with E-state index in [9.17, 15) is 0 Å². The highest BCUT2D eigenvalue weighted by atomic mass is 15.3. The summed E-state index contributed by atoms with van der Waals surface area (Å²) in [5.41, 5.74) is 0.466. The molecule has 3 rings (SSSR count). The van der Waals surface area contributed by atoms with Crippen LogP contribution >= 0.6 is 0 Å². The fraction of sp³-hybridized carbons (Fsp3) is 1.00. The van der Waals surface area contributed by atoms with E-state index in [1.807, 2.05) is 0 Å². The van der Waals surface area contributed by atoms with Gasteiger partial charge in [0.25, 0.3) is 0 Å². The first kappa shape index (κ1) is 14.8. The summed E-state index contributed by atoms with van der Waals surface area (Å²) in [4.78, 5) is 5.45. The minimum absolute atomic E-state index is 0.466. The van der Waals surface area contributed by atoms with Gasteiger partial charge in [-0.3, -0.25) is 4.90 Å². The minimum atomic E-state index is 0.466. The highest BCUT2D eigenvalue weighted by molar-refractivity contribution is 4.95. The van der Waals surface area contributed by atoms with Crippen LogP contribution in [0.5, 0.6) is 0 Å². The monoisotopic (exact) mass is 279 g/mol. The van der Waals surface area contributed by atoms with Gasteiger partial charge in [-0.15, -0.1) is 0 Å². The van der Waals surface area contributed by atoms with Gasteiger partial charge in [0.15, 0.2) is 0 Å². The van der Waals surface area contributed by atoms with Crippen LogP contribution in [0.1, 0.15) is 46.0 Å². The molecule has 3 fully saturated rings. The number of nitrogens with zero attached hydrogens (tertiary/aromatic N) is 2. The van der Waals surface area contributed by atoms with Crippen molar-refractivity contribution < 1.29 is 0 Å². The van der Waals surface area contributed by atoms with E-state index in [0.29, 0.717) is 11.5 Å². The van der Waals surface area contributed by atoms with Crippen molar-refractivity contribution in [1.82, 2.24) is 15.1 Å². The van der Waals surface area contributed by atoms with Crippen molar-refractivity contribution in [3.05, 3.63) is 0 Å². The van der Waals surface area contributed by atoms with Gasteiger partial charge in [0.1, 0.15) is 0 Å². The summed E-state index contributed by atoms with van der Waals surface area (Å²) >= 11 is 0. The summed E-state index contributed by atoms with van der Waals surface area (Å²) in [6, 6.07) is 1.65. The fourth-order valence-electron chi connectivity index (χ4n) is 4.69. The maximum atomic E-state index is 3.63. The molecule has 1 aliphatic heterocycles. The number of nitrogens with one attached hydrogen (secondary N) is 1. The lowest BCUT2D eigenvalue weighted by Crippen LogP contribution is -2.54. The molecule has 0 spiro atoms. The molecular formula is C17H33N3. The highest BCUT2D eigenvalue weighted by Crippen LogP contribution is 2.39. The second-order valence-corrected chi connectivity index (χ2v) is 7.97. The molecule has 1 heterocycles.